The first-order valence-corrected chi connectivity index (χ1v) is 6.88. The summed E-state index contributed by atoms with van der Waals surface area (Å²) in [5.74, 6) is -1.29. The summed E-state index contributed by atoms with van der Waals surface area (Å²) in [5.41, 5.74) is 0. The monoisotopic (exact) mass is 249 g/mol. The minimum absolute atomic E-state index is 0.0752. The standard InChI is InChI=1S/C14H19NO3/c16-13(15-6-2-1-3-7-15)11-9-4-5-10(8-9)12(11)14(17)18/h4-5,9-12H,1-3,6-8H2,(H,17,18)/t9?,10?,11-,12+/m0/s1. The summed E-state index contributed by atoms with van der Waals surface area (Å²) in [6, 6.07) is 0. The maximum Gasteiger partial charge on any atom is 0.307 e. The molecule has 2 bridgehead atoms. The second-order valence-corrected chi connectivity index (χ2v) is 5.72. The lowest BCUT2D eigenvalue weighted by Crippen LogP contribution is -2.44. The fourth-order valence-electron chi connectivity index (χ4n) is 3.82. The van der Waals surface area contributed by atoms with Crippen LogP contribution >= 0.6 is 0 Å². The van der Waals surface area contributed by atoms with E-state index in [1.54, 1.807) is 0 Å². The number of allylic oxidation sites excluding steroid dienone is 2. The van der Waals surface area contributed by atoms with Gasteiger partial charge in [0.25, 0.3) is 0 Å². The minimum Gasteiger partial charge on any atom is -0.481 e. The van der Waals surface area contributed by atoms with Crippen LogP contribution in [0.1, 0.15) is 25.7 Å². The Labute approximate surface area is 107 Å². The van der Waals surface area contributed by atoms with Crippen LogP contribution in [0.5, 0.6) is 0 Å². The first kappa shape index (κ1) is 11.8. The number of rotatable bonds is 2. The van der Waals surface area contributed by atoms with E-state index < -0.39 is 11.9 Å². The molecule has 0 radical (unpaired) electrons. The fraction of sp³-hybridized carbons (Fsp3) is 0.714. The fourth-order valence-corrected chi connectivity index (χ4v) is 3.82. The Balaban J connectivity index is 1.79. The van der Waals surface area contributed by atoms with Crippen LogP contribution in [0.2, 0.25) is 0 Å². The maximum atomic E-state index is 12.5. The van der Waals surface area contributed by atoms with E-state index in [1.165, 1.54) is 6.42 Å². The number of carboxylic acid groups (broad SMARTS) is 1. The van der Waals surface area contributed by atoms with Crippen molar-refractivity contribution in [3.8, 4) is 0 Å². The number of carboxylic acids is 1. The van der Waals surface area contributed by atoms with E-state index in [0.717, 1.165) is 32.4 Å². The molecule has 0 aromatic rings. The zero-order valence-electron chi connectivity index (χ0n) is 10.4. The number of aliphatic carboxylic acids is 1. The third-order valence-corrected chi connectivity index (χ3v) is 4.70. The zero-order valence-corrected chi connectivity index (χ0v) is 10.4. The highest BCUT2D eigenvalue weighted by atomic mass is 16.4. The molecule has 1 amide bonds. The number of piperidine rings is 1. The number of hydrogen-bond donors (Lipinski definition) is 1. The van der Waals surface area contributed by atoms with Gasteiger partial charge in [-0.05, 0) is 37.5 Å². The molecule has 1 saturated heterocycles. The van der Waals surface area contributed by atoms with Gasteiger partial charge in [0.1, 0.15) is 0 Å². The maximum absolute atomic E-state index is 12.5. The Kier molecular flexibility index (Phi) is 2.88. The van der Waals surface area contributed by atoms with Crippen LogP contribution in [-0.2, 0) is 9.59 Å². The number of nitrogens with zero attached hydrogens (tertiary/aromatic N) is 1. The average Bonchev–Trinajstić information content (AvgIpc) is 2.99. The predicted molar refractivity (Wildman–Crippen MR) is 65.8 cm³/mol. The Bertz CT molecular complexity index is 398. The summed E-state index contributed by atoms with van der Waals surface area (Å²) >= 11 is 0. The molecule has 2 unspecified atom stereocenters. The molecule has 4 nitrogen and oxygen atoms in total. The van der Waals surface area contributed by atoms with Crippen LogP contribution in [0.4, 0.5) is 0 Å². The van der Waals surface area contributed by atoms with Gasteiger partial charge in [-0.2, -0.15) is 0 Å². The number of carbonyl (C=O) groups excluding carboxylic acids is 1. The van der Waals surface area contributed by atoms with E-state index >= 15 is 0 Å². The molecule has 0 spiro atoms. The smallest absolute Gasteiger partial charge is 0.307 e. The molecule has 0 aromatic heterocycles. The Morgan fingerprint density at radius 2 is 1.61 bits per heavy atom. The third-order valence-electron chi connectivity index (χ3n) is 4.70. The van der Waals surface area contributed by atoms with Crippen LogP contribution in [-0.4, -0.2) is 35.0 Å². The molecule has 18 heavy (non-hydrogen) atoms. The predicted octanol–water partition coefficient (Wildman–Crippen LogP) is 1.52. The summed E-state index contributed by atoms with van der Waals surface area (Å²) in [6.07, 6.45) is 8.18. The van der Waals surface area contributed by atoms with Crippen molar-refractivity contribution in [2.24, 2.45) is 23.7 Å². The molecule has 2 fully saturated rings. The quantitative estimate of drug-likeness (QED) is 0.755. The minimum atomic E-state index is -0.804. The third kappa shape index (κ3) is 1.74. The van der Waals surface area contributed by atoms with Crippen molar-refractivity contribution in [3.63, 3.8) is 0 Å². The van der Waals surface area contributed by atoms with E-state index in [4.69, 9.17) is 0 Å². The first-order valence-electron chi connectivity index (χ1n) is 6.88. The van der Waals surface area contributed by atoms with Gasteiger partial charge < -0.3 is 10.0 Å². The van der Waals surface area contributed by atoms with Crippen molar-refractivity contribution in [1.29, 1.82) is 0 Å². The molecule has 2 aliphatic carbocycles. The number of hydrogen-bond acceptors (Lipinski definition) is 2. The molecule has 1 heterocycles. The van der Waals surface area contributed by atoms with E-state index in [1.807, 2.05) is 11.0 Å². The van der Waals surface area contributed by atoms with E-state index in [9.17, 15) is 14.7 Å². The normalized spacial score (nSPS) is 38.1. The van der Waals surface area contributed by atoms with E-state index in [-0.39, 0.29) is 23.7 Å². The molecular formula is C14H19NO3. The largest absolute Gasteiger partial charge is 0.481 e. The van der Waals surface area contributed by atoms with E-state index in [2.05, 4.69) is 6.08 Å². The van der Waals surface area contributed by atoms with Gasteiger partial charge in [0.05, 0.1) is 11.8 Å². The zero-order chi connectivity index (χ0) is 12.7. The molecule has 1 aliphatic heterocycles. The summed E-state index contributed by atoms with van der Waals surface area (Å²) in [7, 11) is 0. The van der Waals surface area contributed by atoms with Crippen molar-refractivity contribution in [1.82, 2.24) is 4.90 Å². The molecule has 1 N–H and O–H groups in total. The molecule has 3 aliphatic rings. The molecular weight excluding hydrogens is 230 g/mol. The van der Waals surface area contributed by atoms with Gasteiger partial charge in [0.2, 0.25) is 5.91 Å². The van der Waals surface area contributed by atoms with Crippen LogP contribution in [0.3, 0.4) is 0 Å². The van der Waals surface area contributed by atoms with Crippen molar-refractivity contribution in [2.75, 3.05) is 13.1 Å². The van der Waals surface area contributed by atoms with E-state index in [0.29, 0.717) is 0 Å². The molecule has 0 aromatic carbocycles. The summed E-state index contributed by atoms with van der Waals surface area (Å²) in [6.45, 7) is 1.62. The molecule has 3 rings (SSSR count). The second kappa shape index (κ2) is 4.41. The average molecular weight is 249 g/mol. The number of fused-ring (bicyclic) bond motifs is 2. The highest BCUT2D eigenvalue weighted by Gasteiger charge is 2.52. The van der Waals surface area contributed by atoms with Gasteiger partial charge in [-0.15, -0.1) is 0 Å². The number of amides is 1. The lowest BCUT2D eigenvalue weighted by Gasteiger charge is -2.33. The van der Waals surface area contributed by atoms with Crippen molar-refractivity contribution >= 4 is 11.9 Å². The van der Waals surface area contributed by atoms with Gasteiger partial charge in [0.15, 0.2) is 0 Å². The first-order chi connectivity index (χ1) is 8.68. The molecule has 98 valence electrons. The van der Waals surface area contributed by atoms with Gasteiger partial charge in [0, 0.05) is 13.1 Å². The SMILES string of the molecule is O=C(O)[C@@H]1C2C=CC(C2)[C@@H]1C(=O)N1CCCCC1. The lowest BCUT2D eigenvalue weighted by atomic mass is 9.82. The van der Waals surface area contributed by atoms with Crippen LogP contribution in [0.15, 0.2) is 12.2 Å². The second-order valence-electron chi connectivity index (χ2n) is 5.72. The van der Waals surface area contributed by atoms with Crippen LogP contribution in [0, 0.1) is 23.7 Å². The summed E-state index contributed by atoms with van der Waals surface area (Å²) < 4.78 is 0. The number of carbonyl (C=O) groups is 2. The topological polar surface area (TPSA) is 57.6 Å². The summed E-state index contributed by atoms with van der Waals surface area (Å²) in [5, 5.41) is 9.35. The highest BCUT2D eigenvalue weighted by Crippen LogP contribution is 2.48. The lowest BCUT2D eigenvalue weighted by molar-refractivity contribution is -0.151. The van der Waals surface area contributed by atoms with Crippen LogP contribution in [0.25, 0.3) is 0 Å². The van der Waals surface area contributed by atoms with Crippen molar-refractivity contribution < 1.29 is 14.7 Å². The van der Waals surface area contributed by atoms with Gasteiger partial charge in [-0.1, -0.05) is 12.2 Å². The van der Waals surface area contributed by atoms with Gasteiger partial charge >= 0.3 is 5.97 Å². The van der Waals surface area contributed by atoms with Crippen molar-refractivity contribution in [2.45, 2.75) is 25.7 Å². The molecule has 4 atom stereocenters. The van der Waals surface area contributed by atoms with Gasteiger partial charge in [-0.25, -0.2) is 0 Å². The Hall–Kier alpha value is -1.32. The highest BCUT2D eigenvalue weighted by molar-refractivity contribution is 5.87. The molecule has 1 saturated carbocycles. The Morgan fingerprint density at radius 1 is 1.00 bits per heavy atom. The van der Waals surface area contributed by atoms with Gasteiger partial charge in [-0.3, -0.25) is 9.59 Å². The Morgan fingerprint density at radius 3 is 2.22 bits per heavy atom. The van der Waals surface area contributed by atoms with Crippen LogP contribution < -0.4 is 0 Å². The van der Waals surface area contributed by atoms with Crippen molar-refractivity contribution in [3.05, 3.63) is 12.2 Å². The number of likely N-dealkylation sites (tertiary alicyclic amines) is 1. The molecule has 4 heteroatoms. The summed E-state index contributed by atoms with van der Waals surface area (Å²) in [4.78, 5) is 25.8.